The number of benzene rings is 4. The molecule has 0 radical (unpaired) electrons. The Kier molecular flexibility index (Phi) is 10.1. The second-order valence-corrected chi connectivity index (χ2v) is 16.1. The molecule has 4 aromatic carbocycles. The van der Waals surface area contributed by atoms with Gasteiger partial charge < -0.3 is 5.32 Å². The zero-order valence-electron chi connectivity index (χ0n) is 33.1. The van der Waals surface area contributed by atoms with Crippen LogP contribution >= 0.6 is 0 Å². The molecule has 5 aliphatic carbocycles. The van der Waals surface area contributed by atoms with Crippen LogP contribution in [0.15, 0.2) is 213 Å². The van der Waals surface area contributed by atoms with Gasteiger partial charge in [0.15, 0.2) is 5.84 Å². The van der Waals surface area contributed by atoms with Crippen molar-refractivity contribution in [2.45, 2.75) is 69.9 Å². The molecule has 1 heterocycles. The Hall–Kier alpha value is -6.32. The summed E-state index contributed by atoms with van der Waals surface area (Å²) in [6.07, 6.45) is 36.9. The molecular weight excluding hydrogens is 703 g/mol. The van der Waals surface area contributed by atoms with E-state index in [1.165, 1.54) is 66.5 Å². The van der Waals surface area contributed by atoms with Crippen LogP contribution in [-0.2, 0) is 0 Å². The van der Waals surface area contributed by atoms with Gasteiger partial charge in [0.1, 0.15) is 12.0 Å². The van der Waals surface area contributed by atoms with Crippen molar-refractivity contribution in [2.24, 2.45) is 9.98 Å². The van der Waals surface area contributed by atoms with Gasteiger partial charge in [-0.2, -0.15) is 0 Å². The molecule has 284 valence electrons. The average Bonchev–Trinajstić information content (AvgIpc) is 3.32. The van der Waals surface area contributed by atoms with Gasteiger partial charge >= 0.3 is 0 Å². The van der Waals surface area contributed by atoms with Crippen molar-refractivity contribution in [2.75, 3.05) is 0 Å². The predicted molar refractivity (Wildman–Crippen MR) is 245 cm³/mol. The van der Waals surface area contributed by atoms with Crippen molar-refractivity contribution >= 4 is 33.6 Å². The molecule has 3 nitrogen and oxygen atoms in total. The van der Waals surface area contributed by atoms with E-state index in [-0.39, 0.29) is 6.17 Å². The van der Waals surface area contributed by atoms with Crippen molar-refractivity contribution in [3.05, 3.63) is 226 Å². The van der Waals surface area contributed by atoms with E-state index >= 15 is 0 Å². The van der Waals surface area contributed by atoms with Gasteiger partial charge in [-0.3, -0.25) is 0 Å². The van der Waals surface area contributed by atoms with E-state index in [0.717, 1.165) is 80.6 Å². The third kappa shape index (κ3) is 7.45. The standard InChI is InChI=1S/C55H49N3/c1-4-14-38(15-5-1)40-26-30-44(31-27-40)53-56-54(45-32-28-41(29-33-45)39-16-6-2-7-17-39)58-55(57-53)48-23-12-22-46(36-48)51-35-34-47(37-52(51)43-18-8-3-9-19-43)50-25-13-21-42-20-10-11-24-49(42)50/h1,3-4,6,8-11,13-14,16-21,23-26,28-30,32-36,47,54H,2,5,7,12,15,22,27,31,37H2,(H,56,57,58). The molecule has 0 bridgehead atoms. The van der Waals surface area contributed by atoms with Crippen LogP contribution in [0.25, 0.3) is 21.9 Å². The van der Waals surface area contributed by atoms with Gasteiger partial charge in [-0.1, -0.05) is 164 Å². The number of nitrogens with one attached hydrogen (secondary N) is 1. The monoisotopic (exact) mass is 751 g/mol. The van der Waals surface area contributed by atoms with E-state index in [2.05, 4.69) is 175 Å². The lowest BCUT2D eigenvalue weighted by atomic mass is 9.77. The highest BCUT2D eigenvalue weighted by Gasteiger charge is 2.27. The molecule has 4 aromatic rings. The molecular formula is C55H49N3. The van der Waals surface area contributed by atoms with Crippen molar-refractivity contribution in [3.8, 4) is 0 Å². The van der Waals surface area contributed by atoms with Crippen molar-refractivity contribution in [3.63, 3.8) is 0 Å². The van der Waals surface area contributed by atoms with E-state index < -0.39 is 0 Å². The van der Waals surface area contributed by atoms with Gasteiger partial charge in [-0.15, -0.1) is 0 Å². The normalized spacial score (nSPS) is 21.9. The van der Waals surface area contributed by atoms with E-state index in [9.17, 15) is 0 Å². The molecule has 0 saturated heterocycles. The summed E-state index contributed by atoms with van der Waals surface area (Å²) in [4.78, 5) is 10.7. The Morgan fingerprint density at radius 1 is 0.586 bits per heavy atom. The Morgan fingerprint density at radius 3 is 2.21 bits per heavy atom. The number of hydrogen-bond acceptors (Lipinski definition) is 3. The van der Waals surface area contributed by atoms with Crippen molar-refractivity contribution in [1.29, 1.82) is 0 Å². The fourth-order valence-electron chi connectivity index (χ4n) is 9.35. The maximum Gasteiger partial charge on any atom is 0.155 e. The highest BCUT2D eigenvalue weighted by molar-refractivity contribution is 6.14. The minimum Gasteiger partial charge on any atom is -0.344 e. The van der Waals surface area contributed by atoms with E-state index in [1.54, 1.807) is 0 Å². The second-order valence-electron chi connectivity index (χ2n) is 16.1. The number of rotatable bonds is 8. The van der Waals surface area contributed by atoms with E-state index in [0.29, 0.717) is 5.92 Å². The summed E-state index contributed by atoms with van der Waals surface area (Å²) in [5.74, 6) is 2.05. The molecule has 58 heavy (non-hydrogen) atoms. The molecule has 6 aliphatic rings. The summed E-state index contributed by atoms with van der Waals surface area (Å²) in [6.45, 7) is 0. The molecule has 1 N–H and O–H groups in total. The number of allylic oxidation sites excluding steroid dienone is 17. The fourth-order valence-corrected chi connectivity index (χ4v) is 9.35. The Balaban J connectivity index is 1.000. The van der Waals surface area contributed by atoms with Crippen molar-refractivity contribution < 1.29 is 0 Å². The van der Waals surface area contributed by atoms with Crippen LogP contribution in [0.2, 0.25) is 0 Å². The average molecular weight is 752 g/mol. The smallest absolute Gasteiger partial charge is 0.155 e. The largest absolute Gasteiger partial charge is 0.344 e. The SMILES string of the molecule is C1=CCCC(C2=CC=C(C3=NC(c4ccc(C5=CCCC=C5)cc4)NC(C4=CCCC(C5=C(c6ccccc6)CC(c6cccc7ccccc67)C=C5)=C4)=N3)CC2)=C1. The zero-order chi connectivity index (χ0) is 38.7. The molecule has 0 fully saturated rings. The third-order valence-corrected chi connectivity index (χ3v) is 12.5. The van der Waals surface area contributed by atoms with Crippen LogP contribution in [-0.4, -0.2) is 11.7 Å². The molecule has 2 unspecified atom stereocenters. The Bertz CT molecular complexity index is 2640. The number of fused-ring (bicyclic) bond motifs is 1. The lowest BCUT2D eigenvalue weighted by Crippen LogP contribution is -2.34. The van der Waals surface area contributed by atoms with Crippen LogP contribution in [0, 0.1) is 0 Å². The third-order valence-electron chi connectivity index (χ3n) is 12.5. The van der Waals surface area contributed by atoms with E-state index in [1.807, 2.05) is 0 Å². The van der Waals surface area contributed by atoms with Crippen LogP contribution in [0.5, 0.6) is 0 Å². The van der Waals surface area contributed by atoms with Gasteiger partial charge in [-0.25, -0.2) is 9.98 Å². The minimum absolute atomic E-state index is 0.236. The first kappa shape index (κ1) is 36.0. The first-order valence-electron chi connectivity index (χ1n) is 21.3. The van der Waals surface area contributed by atoms with Crippen LogP contribution in [0.1, 0.15) is 92.1 Å². The molecule has 1 aliphatic heterocycles. The summed E-state index contributed by atoms with van der Waals surface area (Å²) >= 11 is 0. The predicted octanol–water partition coefficient (Wildman–Crippen LogP) is 13.7. The first-order chi connectivity index (χ1) is 28.7. The van der Waals surface area contributed by atoms with Gasteiger partial charge in [0.25, 0.3) is 0 Å². The number of hydrogen-bond donors (Lipinski definition) is 1. The number of nitrogens with zero attached hydrogens (tertiary/aromatic N) is 2. The molecule has 2 atom stereocenters. The molecule has 0 saturated carbocycles. The highest BCUT2D eigenvalue weighted by Crippen LogP contribution is 2.43. The lowest BCUT2D eigenvalue weighted by molar-refractivity contribution is 0.671. The maximum absolute atomic E-state index is 5.34. The summed E-state index contributed by atoms with van der Waals surface area (Å²) in [5.41, 5.74) is 15.8. The first-order valence-corrected chi connectivity index (χ1v) is 21.3. The van der Waals surface area contributed by atoms with Crippen LogP contribution in [0.3, 0.4) is 0 Å². The van der Waals surface area contributed by atoms with Crippen LogP contribution < -0.4 is 5.32 Å². The second kappa shape index (κ2) is 16.3. The fraction of sp³-hybridized carbons (Fsp3) is 0.200. The van der Waals surface area contributed by atoms with Gasteiger partial charge in [0.05, 0.1) is 0 Å². The Morgan fingerprint density at radius 2 is 1.38 bits per heavy atom. The summed E-state index contributed by atoms with van der Waals surface area (Å²) in [5, 5.41) is 6.44. The molecule has 0 amide bonds. The number of aliphatic imine (C=N–C) groups is 2. The summed E-state index contributed by atoms with van der Waals surface area (Å²) in [6, 6.07) is 35.5. The Labute approximate surface area is 343 Å². The maximum atomic E-state index is 5.34. The molecule has 0 spiro atoms. The van der Waals surface area contributed by atoms with Crippen molar-refractivity contribution in [1.82, 2.24) is 5.32 Å². The van der Waals surface area contributed by atoms with E-state index in [4.69, 9.17) is 9.98 Å². The number of amidine groups is 2. The highest BCUT2D eigenvalue weighted by atomic mass is 15.2. The zero-order valence-corrected chi connectivity index (χ0v) is 33.1. The van der Waals surface area contributed by atoms with Gasteiger partial charge in [0.2, 0.25) is 0 Å². The molecule has 0 aromatic heterocycles. The minimum atomic E-state index is -0.236. The molecule has 3 heteroatoms. The molecule has 10 rings (SSSR count). The van der Waals surface area contributed by atoms with Crippen LogP contribution in [0.4, 0.5) is 0 Å². The summed E-state index contributed by atoms with van der Waals surface area (Å²) in [7, 11) is 0. The topological polar surface area (TPSA) is 36.8 Å². The quantitative estimate of drug-likeness (QED) is 0.191. The van der Waals surface area contributed by atoms with Gasteiger partial charge in [-0.05, 0) is 136 Å². The summed E-state index contributed by atoms with van der Waals surface area (Å²) < 4.78 is 0. The lowest BCUT2D eigenvalue weighted by Gasteiger charge is -2.29. The van der Waals surface area contributed by atoms with Gasteiger partial charge in [0, 0.05) is 11.5 Å².